The van der Waals surface area contributed by atoms with Gasteiger partial charge in [0.25, 0.3) is 10.0 Å². The van der Waals surface area contributed by atoms with Gasteiger partial charge in [-0.05, 0) is 37.0 Å². The maximum Gasteiger partial charge on any atom is 0.267 e. The molecule has 192 valence electrons. The van der Waals surface area contributed by atoms with Crippen molar-refractivity contribution in [2.45, 2.75) is 37.8 Å². The van der Waals surface area contributed by atoms with Crippen LogP contribution in [-0.2, 0) is 23.6 Å². The molecule has 2 aromatic carbocycles. The van der Waals surface area contributed by atoms with Crippen molar-refractivity contribution in [3.8, 4) is 17.1 Å². The molecule has 0 saturated carbocycles. The highest BCUT2D eigenvalue weighted by molar-refractivity contribution is 7.92. The SMILES string of the molecule is Cc1cccc(C)c1-c1cc(OC2CCN(Cc3ccccc3)C2)nc(NS(=O)(=O)c2cnn(C)c2)n1. The predicted molar refractivity (Wildman–Crippen MR) is 142 cm³/mol. The zero-order chi connectivity index (χ0) is 26.0. The monoisotopic (exact) mass is 518 g/mol. The third-order valence-corrected chi connectivity index (χ3v) is 7.71. The van der Waals surface area contributed by atoms with Gasteiger partial charge in [0.15, 0.2) is 0 Å². The lowest BCUT2D eigenvalue weighted by molar-refractivity contribution is 0.191. The van der Waals surface area contributed by atoms with E-state index in [1.807, 2.05) is 50.2 Å². The molecule has 0 aliphatic carbocycles. The molecular weight excluding hydrogens is 488 g/mol. The van der Waals surface area contributed by atoms with Gasteiger partial charge in [0.2, 0.25) is 11.8 Å². The first-order valence-corrected chi connectivity index (χ1v) is 13.7. The standard InChI is InChI=1S/C27H30N6O3S/c1-19-8-7-9-20(2)26(19)24-14-25(30-27(29-24)31-37(34,35)23-15-28-32(3)18-23)36-22-12-13-33(17-22)16-21-10-5-4-6-11-21/h4-11,14-15,18,22H,12-13,16-17H2,1-3H3,(H,29,30,31). The van der Waals surface area contributed by atoms with Crippen molar-refractivity contribution < 1.29 is 13.2 Å². The zero-order valence-corrected chi connectivity index (χ0v) is 21.9. The van der Waals surface area contributed by atoms with E-state index in [1.165, 1.54) is 22.6 Å². The molecule has 0 radical (unpaired) electrons. The molecule has 2 aromatic heterocycles. The average Bonchev–Trinajstić information content (AvgIpc) is 3.48. The fraction of sp³-hybridized carbons (Fsp3) is 0.296. The van der Waals surface area contributed by atoms with Crippen LogP contribution in [0.4, 0.5) is 5.95 Å². The van der Waals surface area contributed by atoms with E-state index in [-0.39, 0.29) is 16.9 Å². The summed E-state index contributed by atoms with van der Waals surface area (Å²) >= 11 is 0. The van der Waals surface area contributed by atoms with Crippen LogP contribution in [0.5, 0.6) is 5.88 Å². The van der Waals surface area contributed by atoms with Gasteiger partial charge in [-0.3, -0.25) is 9.58 Å². The summed E-state index contributed by atoms with van der Waals surface area (Å²) < 4.78 is 36.2. The number of rotatable bonds is 8. The summed E-state index contributed by atoms with van der Waals surface area (Å²) in [5, 5.41) is 3.96. The smallest absolute Gasteiger partial charge is 0.267 e. The van der Waals surface area contributed by atoms with Crippen molar-refractivity contribution in [2.24, 2.45) is 7.05 Å². The summed E-state index contributed by atoms with van der Waals surface area (Å²) in [5.41, 5.74) is 4.84. The Bertz CT molecular complexity index is 1480. The Labute approximate surface area is 217 Å². The number of hydrogen-bond acceptors (Lipinski definition) is 7. The lowest BCUT2D eigenvalue weighted by atomic mass is 10.00. The number of nitrogens with one attached hydrogen (secondary N) is 1. The number of likely N-dealkylation sites (tertiary alicyclic amines) is 1. The normalized spacial score (nSPS) is 16.1. The molecule has 3 heterocycles. The van der Waals surface area contributed by atoms with Crippen LogP contribution in [0, 0.1) is 13.8 Å². The van der Waals surface area contributed by atoms with E-state index in [9.17, 15) is 8.42 Å². The topological polar surface area (TPSA) is 102 Å². The van der Waals surface area contributed by atoms with Crippen LogP contribution in [0.2, 0.25) is 0 Å². The number of ether oxygens (including phenoxy) is 1. The zero-order valence-electron chi connectivity index (χ0n) is 21.1. The molecule has 0 bridgehead atoms. The Hall–Kier alpha value is -3.76. The second-order valence-electron chi connectivity index (χ2n) is 9.39. The minimum absolute atomic E-state index is 0.0332. The van der Waals surface area contributed by atoms with E-state index >= 15 is 0 Å². The van der Waals surface area contributed by atoms with Gasteiger partial charge in [-0.2, -0.15) is 10.1 Å². The second-order valence-corrected chi connectivity index (χ2v) is 11.1. The molecule has 9 nitrogen and oxygen atoms in total. The molecule has 0 amide bonds. The van der Waals surface area contributed by atoms with E-state index in [0.717, 1.165) is 42.7 Å². The van der Waals surface area contributed by atoms with E-state index in [1.54, 1.807) is 13.1 Å². The van der Waals surface area contributed by atoms with Gasteiger partial charge in [0, 0.05) is 44.5 Å². The van der Waals surface area contributed by atoms with Gasteiger partial charge in [-0.15, -0.1) is 0 Å². The first kappa shape index (κ1) is 24.9. The third-order valence-electron chi connectivity index (χ3n) is 6.42. The van der Waals surface area contributed by atoms with Crippen molar-refractivity contribution in [2.75, 3.05) is 17.8 Å². The number of aryl methyl sites for hydroxylation is 3. The summed E-state index contributed by atoms with van der Waals surface area (Å²) in [4.78, 5) is 11.4. The van der Waals surface area contributed by atoms with Crippen LogP contribution in [0.3, 0.4) is 0 Å². The highest BCUT2D eigenvalue weighted by atomic mass is 32.2. The second kappa shape index (κ2) is 10.3. The van der Waals surface area contributed by atoms with E-state index < -0.39 is 10.0 Å². The molecule has 1 atom stereocenters. The maximum atomic E-state index is 13.0. The van der Waals surface area contributed by atoms with Crippen LogP contribution in [0.25, 0.3) is 11.3 Å². The highest BCUT2D eigenvalue weighted by Gasteiger charge is 2.26. The lowest BCUT2D eigenvalue weighted by Gasteiger charge is -2.18. The van der Waals surface area contributed by atoms with Gasteiger partial charge in [-0.25, -0.2) is 18.1 Å². The Morgan fingerprint density at radius 3 is 2.51 bits per heavy atom. The molecule has 1 N–H and O–H groups in total. The van der Waals surface area contributed by atoms with Gasteiger partial charge >= 0.3 is 0 Å². The molecular formula is C27H30N6O3S. The minimum atomic E-state index is -3.92. The van der Waals surface area contributed by atoms with Gasteiger partial charge in [0.05, 0.1) is 11.9 Å². The van der Waals surface area contributed by atoms with Crippen molar-refractivity contribution in [1.82, 2.24) is 24.6 Å². The van der Waals surface area contributed by atoms with Crippen LogP contribution in [0.1, 0.15) is 23.1 Å². The number of sulfonamides is 1. The Morgan fingerprint density at radius 2 is 1.81 bits per heavy atom. The molecule has 5 rings (SSSR count). The van der Waals surface area contributed by atoms with E-state index in [2.05, 4.69) is 36.8 Å². The van der Waals surface area contributed by atoms with Crippen molar-refractivity contribution >= 4 is 16.0 Å². The first-order chi connectivity index (χ1) is 17.8. The summed E-state index contributed by atoms with van der Waals surface area (Å²) in [5.74, 6) is 0.293. The fourth-order valence-corrected chi connectivity index (χ4v) is 5.57. The number of hydrogen-bond donors (Lipinski definition) is 1. The van der Waals surface area contributed by atoms with E-state index in [0.29, 0.717) is 11.6 Å². The number of benzene rings is 2. The first-order valence-electron chi connectivity index (χ1n) is 12.2. The van der Waals surface area contributed by atoms with Crippen LogP contribution in [0.15, 0.2) is 71.9 Å². The Balaban J connectivity index is 1.42. The molecule has 1 unspecified atom stereocenters. The summed E-state index contributed by atoms with van der Waals surface area (Å²) in [6.45, 7) is 6.53. The van der Waals surface area contributed by atoms with Gasteiger partial charge < -0.3 is 4.74 Å². The van der Waals surface area contributed by atoms with Crippen LogP contribution < -0.4 is 9.46 Å². The largest absolute Gasteiger partial charge is 0.473 e. The molecule has 4 aromatic rings. The molecule has 1 saturated heterocycles. The van der Waals surface area contributed by atoms with Crippen LogP contribution >= 0.6 is 0 Å². The Morgan fingerprint density at radius 1 is 1.05 bits per heavy atom. The average molecular weight is 519 g/mol. The molecule has 10 heteroatoms. The number of aromatic nitrogens is 4. The Kier molecular flexibility index (Phi) is 6.94. The molecule has 1 fully saturated rings. The minimum Gasteiger partial charge on any atom is -0.473 e. The van der Waals surface area contributed by atoms with Crippen LogP contribution in [-0.4, -0.2) is 52.3 Å². The molecule has 1 aliphatic rings. The predicted octanol–water partition coefficient (Wildman–Crippen LogP) is 3.95. The van der Waals surface area contributed by atoms with Gasteiger partial charge in [0.1, 0.15) is 11.0 Å². The highest BCUT2D eigenvalue weighted by Crippen LogP contribution is 2.30. The van der Waals surface area contributed by atoms with Crippen molar-refractivity contribution in [3.63, 3.8) is 0 Å². The van der Waals surface area contributed by atoms with Gasteiger partial charge in [-0.1, -0.05) is 48.5 Å². The summed E-state index contributed by atoms with van der Waals surface area (Å²) in [6, 6.07) is 18.1. The lowest BCUT2D eigenvalue weighted by Crippen LogP contribution is -2.25. The summed E-state index contributed by atoms with van der Waals surface area (Å²) in [6.07, 6.45) is 3.50. The fourth-order valence-electron chi connectivity index (χ4n) is 4.64. The molecule has 1 aliphatic heterocycles. The maximum absolute atomic E-state index is 13.0. The molecule has 0 spiro atoms. The van der Waals surface area contributed by atoms with E-state index in [4.69, 9.17) is 4.74 Å². The quantitative estimate of drug-likeness (QED) is 0.377. The summed E-state index contributed by atoms with van der Waals surface area (Å²) in [7, 11) is -2.26. The van der Waals surface area contributed by atoms with Crippen molar-refractivity contribution in [1.29, 1.82) is 0 Å². The molecule has 37 heavy (non-hydrogen) atoms. The number of anilines is 1. The third kappa shape index (κ3) is 5.81. The van der Waals surface area contributed by atoms with Crippen molar-refractivity contribution in [3.05, 3.63) is 83.7 Å². The number of nitrogens with zero attached hydrogens (tertiary/aromatic N) is 5.